The highest BCUT2D eigenvalue weighted by atomic mass is 19.1. The molecule has 37 heavy (non-hydrogen) atoms. The molecule has 0 aliphatic carbocycles. The summed E-state index contributed by atoms with van der Waals surface area (Å²) < 4.78 is 15.8. The van der Waals surface area contributed by atoms with E-state index in [1.165, 1.54) is 82.9 Å². The largest absolute Gasteiger partial charge is 0.368 e. The molecule has 1 aromatic carbocycles. The number of nitrogens with two attached hydrogens (primary N) is 1. The molecule has 6 nitrogen and oxygen atoms in total. The van der Waals surface area contributed by atoms with Gasteiger partial charge in [-0.2, -0.15) is 0 Å². The number of hydrogen-bond acceptors (Lipinski definition) is 5. The summed E-state index contributed by atoms with van der Waals surface area (Å²) in [6.45, 7) is 5.67. The number of unbranched alkanes of at least 4 members (excludes halogenated alkanes) is 9. The third kappa shape index (κ3) is 7.84. The van der Waals surface area contributed by atoms with Gasteiger partial charge in [0.25, 0.3) is 0 Å². The van der Waals surface area contributed by atoms with E-state index in [-0.39, 0.29) is 11.8 Å². The van der Waals surface area contributed by atoms with Crippen molar-refractivity contribution in [2.24, 2.45) is 0 Å². The van der Waals surface area contributed by atoms with Crippen LogP contribution in [0.1, 0.15) is 90.0 Å². The molecule has 0 radical (unpaired) electrons. The van der Waals surface area contributed by atoms with Crippen molar-refractivity contribution in [1.82, 2.24) is 24.4 Å². The van der Waals surface area contributed by atoms with Crippen molar-refractivity contribution in [2.45, 2.75) is 90.0 Å². The average molecular weight is 507 g/mol. The Labute approximate surface area is 221 Å². The van der Waals surface area contributed by atoms with Crippen molar-refractivity contribution in [1.29, 1.82) is 0 Å². The lowest BCUT2D eigenvalue weighted by Crippen LogP contribution is -2.35. The number of aromatic nitrogens is 4. The Morgan fingerprint density at radius 2 is 1.51 bits per heavy atom. The van der Waals surface area contributed by atoms with Gasteiger partial charge in [-0.1, -0.05) is 64.7 Å². The molecule has 2 N–H and O–H groups in total. The molecule has 3 aromatic rings. The molecule has 7 heteroatoms. The molecule has 0 saturated carbocycles. The molecule has 1 aliphatic heterocycles. The van der Waals surface area contributed by atoms with Crippen molar-refractivity contribution < 1.29 is 4.39 Å². The first-order valence-corrected chi connectivity index (χ1v) is 14.3. The van der Waals surface area contributed by atoms with Crippen molar-refractivity contribution in [2.75, 3.05) is 25.4 Å². The molecule has 2 aromatic heterocycles. The first-order chi connectivity index (χ1) is 18.2. The van der Waals surface area contributed by atoms with Gasteiger partial charge in [-0.05, 0) is 56.1 Å². The normalized spacial score (nSPS) is 14.9. The maximum atomic E-state index is 13.6. The van der Waals surface area contributed by atoms with Crippen LogP contribution in [0.3, 0.4) is 0 Å². The molecule has 0 spiro atoms. The summed E-state index contributed by atoms with van der Waals surface area (Å²) in [4.78, 5) is 15.9. The van der Waals surface area contributed by atoms with Gasteiger partial charge in [0.05, 0.1) is 23.4 Å². The molecule has 1 aliphatic rings. The minimum Gasteiger partial charge on any atom is -0.368 e. The first kappa shape index (κ1) is 27.2. The zero-order valence-corrected chi connectivity index (χ0v) is 22.4. The Balaban J connectivity index is 1.30. The first-order valence-electron chi connectivity index (χ1n) is 14.3. The highest BCUT2D eigenvalue weighted by Crippen LogP contribution is 2.35. The summed E-state index contributed by atoms with van der Waals surface area (Å²) in [6, 6.07) is 8.70. The Morgan fingerprint density at radius 3 is 2.16 bits per heavy atom. The number of benzene rings is 1. The van der Waals surface area contributed by atoms with Gasteiger partial charge in [0.2, 0.25) is 5.95 Å². The van der Waals surface area contributed by atoms with Crippen molar-refractivity contribution in [3.63, 3.8) is 0 Å². The van der Waals surface area contributed by atoms with Crippen LogP contribution in [-0.2, 0) is 0 Å². The summed E-state index contributed by atoms with van der Waals surface area (Å²) in [5, 5.41) is 0. The second-order valence-electron chi connectivity index (χ2n) is 10.4. The van der Waals surface area contributed by atoms with E-state index in [0.29, 0.717) is 6.04 Å². The van der Waals surface area contributed by atoms with E-state index in [9.17, 15) is 4.39 Å². The van der Waals surface area contributed by atoms with Gasteiger partial charge >= 0.3 is 0 Å². The van der Waals surface area contributed by atoms with Gasteiger partial charge in [0.15, 0.2) is 0 Å². The fourth-order valence-corrected chi connectivity index (χ4v) is 5.46. The van der Waals surface area contributed by atoms with Crippen LogP contribution < -0.4 is 5.73 Å². The smallest absolute Gasteiger partial charge is 0.220 e. The van der Waals surface area contributed by atoms with E-state index in [4.69, 9.17) is 10.7 Å². The molecule has 1 saturated heterocycles. The number of halogens is 1. The van der Waals surface area contributed by atoms with E-state index in [1.54, 1.807) is 18.3 Å². The molecule has 4 rings (SSSR count). The molecule has 0 amide bonds. The molecule has 0 unspecified atom stereocenters. The fraction of sp³-hybridized carbons (Fsp3) is 0.567. The maximum absolute atomic E-state index is 13.6. The summed E-state index contributed by atoms with van der Waals surface area (Å²) in [5.41, 5.74) is 9.26. The quantitative estimate of drug-likeness (QED) is 0.232. The monoisotopic (exact) mass is 506 g/mol. The zero-order chi connectivity index (χ0) is 25.9. The second kappa shape index (κ2) is 14.2. The molecular formula is C30H43FN6. The van der Waals surface area contributed by atoms with Crippen LogP contribution in [0.15, 0.2) is 42.9 Å². The minimum atomic E-state index is -0.259. The van der Waals surface area contributed by atoms with E-state index in [2.05, 4.69) is 26.4 Å². The van der Waals surface area contributed by atoms with Crippen LogP contribution in [-0.4, -0.2) is 44.1 Å². The number of rotatable bonds is 14. The number of piperidine rings is 1. The number of hydrogen-bond donors (Lipinski definition) is 1. The number of anilines is 1. The maximum Gasteiger partial charge on any atom is 0.220 e. The predicted molar refractivity (Wildman–Crippen MR) is 150 cm³/mol. The number of nitrogen functional groups attached to an aromatic ring is 1. The standard InChI is InChI=1S/C30H43FN6/c1-2-3-4-5-6-7-8-9-10-11-20-36-21-17-26(18-22-36)37-23-34-28(24-12-14-25(31)15-13-24)29(37)27-16-19-33-30(32)35-27/h12-16,19,23,26H,2-11,17-18,20-22H2,1H3,(H2,32,33,35). The van der Waals surface area contributed by atoms with Crippen molar-refractivity contribution >= 4 is 5.95 Å². The predicted octanol–water partition coefficient (Wildman–Crippen LogP) is 7.29. The van der Waals surface area contributed by atoms with Gasteiger partial charge in [-0.3, -0.25) is 0 Å². The lowest BCUT2D eigenvalue weighted by molar-refractivity contribution is 0.184. The summed E-state index contributed by atoms with van der Waals surface area (Å²) in [5.74, 6) is -0.0209. The zero-order valence-electron chi connectivity index (χ0n) is 22.4. The van der Waals surface area contributed by atoms with Gasteiger partial charge < -0.3 is 15.2 Å². The van der Waals surface area contributed by atoms with E-state index < -0.39 is 0 Å². The lowest BCUT2D eigenvalue weighted by Gasteiger charge is -2.33. The Morgan fingerprint density at radius 1 is 0.865 bits per heavy atom. The molecule has 0 atom stereocenters. The summed E-state index contributed by atoms with van der Waals surface area (Å²) >= 11 is 0. The number of imidazole rings is 1. The van der Waals surface area contributed by atoms with E-state index in [1.807, 2.05) is 12.4 Å². The minimum absolute atomic E-state index is 0.238. The molecule has 3 heterocycles. The third-order valence-electron chi connectivity index (χ3n) is 7.61. The lowest BCUT2D eigenvalue weighted by atomic mass is 10.0. The van der Waals surface area contributed by atoms with Gasteiger partial charge in [-0.15, -0.1) is 0 Å². The number of likely N-dealkylation sites (tertiary alicyclic amines) is 1. The SMILES string of the molecule is CCCCCCCCCCCCN1CCC(n2cnc(-c3ccc(F)cc3)c2-c2ccnc(N)n2)CC1. The molecule has 200 valence electrons. The molecular weight excluding hydrogens is 463 g/mol. The van der Waals surface area contributed by atoms with Crippen molar-refractivity contribution in [3.05, 3.63) is 48.7 Å². The van der Waals surface area contributed by atoms with Crippen molar-refractivity contribution in [3.8, 4) is 22.6 Å². The van der Waals surface area contributed by atoms with Crippen LogP contribution in [0.25, 0.3) is 22.6 Å². The van der Waals surface area contributed by atoms with Gasteiger partial charge in [0.1, 0.15) is 5.82 Å². The topological polar surface area (TPSA) is 72.9 Å². The average Bonchev–Trinajstić information content (AvgIpc) is 3.36. The summed E-state index contributed by atoms with van der Waals surface area (Å²) in [6.07, 6.45) is 19.5. The third-order valence-corrected chi connectivity index (χ3v) is 7.61. The van der Waals surface area contributed by atoms with Gasteiger partial charge in [0, 0.05) is 30.9 Å². The fourth-order valence-electron chi connectivity index (χ4n) is 5.46. The Bertz CT molecular complexity index is 1070. The molecule has 1 fully saturated rings. The van der Waals surface area contributed by atoms with Crippen LogP contribution in [0, 0.1) is 5.82 Å². The highest BCUT2D eigenvalue weighted by Gasteiger charge is 2.25. The van der Waals surface area contributed by atoms with Gasteiger partial charge in [-0.25, -0.2) is 19.3 Å². The van der Waals surface area contributed by atoms with Crippen LogP contribution in [0.2, 0.25) is 0 Å². The van der Waals surface area contributed by atoms with Crippen LogP contribution >= 0.6 is 0 Å². The van der Waals surface area contributed by atoms with E-state index >= 15 is 0 Å². The molecule has 0 bridgehead atoms. The van der Waals surface area contributed by atoms with Crippen LogP contribution in [0.5, 0.6) is 0 Å². The number of nitrogens with zero attached hydrogens (tertiary/aromatic N) is 5. The van der Waals surface area contributed by atoms with Crippen LogP contribution in [0.4, 0.5) is 10.3 Å². The highest BCUT2D eigenvalue weighted by molar-refractivity contribution is 5.77. The Hall–Kier alpha value is -2.80. The Kier molecular flexibility index (Phi) is 10.5. The summed E-state index contributed by atoms with van der Waals surface area (Å²) in [7, 11) is 0. The van der Waals surface area contributed by atoms with E-state index in [0.717, 1.165) is 48.6 Å². The second-order valence-corrected chi connectivity index (χ2v) is 10.4.